The van der Waals surface area contributed by atoms with Gasteiger partial charge in [-0.25, -0.2) is 5.43 Å². The maximum Gasteiger partial charge on any atom is 0.254 e. The second-order valence-corrected chi connectivity index (χ2v) is 7.99. The fourth-order valence-corrected chi connectivity index (χ4v) is 4.49. The monoisotopic (exact) mass is 384 g/mol. The van der Waals surface area contributed by atoms with Crippen molar-refractivity contribution in [2.45, 2.75) is 52.6 Å². The molecule has 28 heavy (non-hydrogen) atoms. The van der Waals surface area contributed by atoms with Gasteiger partial charge in [-0.05, 0) is 38.3 Å². The SMILES string of the molecule is CC(=O)NC1CCN(C2NC(=O)C3=CN(c4c(C)cc(C)cc4C)NC3N2)C1. The molecule has 4 N–H and O–H groups in total. The van der Waals surface area contributed by atoms with Gasteiger partial charge in [0.15, 0.2) is 0 Å². The lowest BCUT2D eigenvalue weighted by molar-refractivity contribution is -0.122. The summed E-state index contributed by atoms with van der Waals surface area (Å²) >= 11 is 0. The topological polar surface area (TPSA) is 88.7 Å². The predicted molar refractivity (Wildman–Crippen MR) is 107 cm³/mol. The molecule has 0 saturated carbocycles. The minimum absolute atomic E-state index is 0.0188. The second kappa shape index (κ2) is 7.20. The molecule has 3 unspecified atom stereocenters. The van der Waals surface area contributed by atoms with E-state index in [2.05, 4.69) is 59.2 Å². The van der Waals surface area contributed by atoms with E-state index in [1.165, 1.54) is 12.5 Å². The summed E-state index contributed by atoms with van der Waals surface area (Å²) in [5, 5.41) is 11.4. The van der Waals surface area contributed by atoms with E-state index >= 15 is 0 Å². The first-order valence-corrected chi connectivity index (χ1v) is 9.75. The number of aryl methyl sites for hydroxylation is 3. The summed E-state index contributed by atoms with van der Waals surface area (Å²) in [5.74, 6) is -0.0937. The van der Waals surface area contributed by atoms with Gasteiger partial charge in [-0.15, -0.1) is 0 Å². The standard InChI is InChI=1S/C20H28N6O2/c1-11-7-12(2)17(13(3)8-11)26-10-16-18(24-26)22-20(23-19(16)28)25-6-5-15(9-25)21-14(4)27/h7-8,10,15,18,20,22,24H,5-6,9H2,1-4H3,(H,21,27)(H,23,28). The number of likely N-dealkylation sites (tertiary alicyclic amines) is 1. The number of fused-ring (bicyclic) bond motifs is 1. The lowest BCUT2D eigenvalue weighted by Crippen LogP contribution is -2.67. The van der Waals surface area contributed by atoms with Gasteiger partial charge in [-0.2, -0.15) is 0 Å². The molecule has 3 heterocycles. The van der Waals surface area contributed by atoms with Crippen LogP contribution >= 0.6 is 0 Å². The van der Waals surface area contributed by atoms with E-state index in [0.717, 1.165) is 29.8 Å². The number of hydrogen-bond acceptors (Lipinski definition) is 6. The van der Waals surface area contributed by atoms with Crippen molar-refractivity contribution in [3.05, 3.63) is 40.6 Å². The smallest absolute Gasteiger partial charge is 0.254 e. The Balaban J connectivity index is 1.48. The van der Waals surface area contributed by atoms with Gasteiger partial charge in [0.2, 0.25) is 5.91 Å². The maximum atomic E-state index is 12.7. The third kappa shape index (κ3) is 3.50. The number of nitrogens with one attached hydrogen (secondary N) is 4. The van der Waals surface area contributed by atoms with Gasteiger partial charge in [-0.3, -0.25) is 24.8 Å². The minimum atomic E-state index is -0.263. The van der Waals surface area contributed by atoms with Gasteiger partial charge >= 0.3 is 0 Å². The van der Waals surface area contributed by atoms with E-state index in [9.17, 15) is 9.59 Å². The van der Waals surface area contributed by atoms with Crippen LogP contribution in [-0.4, -0.2) is 48.3 Å². The lowest BCUT2D eigenvalue weighted by Gasteiger charge is -2.36. The number of rotatable bonds is 3. The average molecular weight is 384 g/mol. The van der Waals surface area contributed by atoms with Crippen LogP contribution in [0.15, 0.2) is 23.9 Å². The van der Waals surface area contributed by atoms with Crippen molar-refractivity contribution in [2.75, 3.05) is 18.1 Å². The Bertz CT molecular complexity index is 828. The van der Waals surface area contributed by atoms with E-state index in [0.29, 0.717) is 12.1 Å². The fraction of sp³-hybridized carbons (Fsp3) is 0.500. The quantitative estimate of drug-likeness (QED) is 0.602. The van der Waals surface area contributed by atoms with E-state index in [-0.39, 0.29) is 30.3 Å². The van der Waals surface area contributed by atoms with Gasteiger partial charge in [0.25, 0.3) is 5.91 Å². The Morgan fingerprint density at radius 2 is 1.93 bits per heavy atom. The van der Waals surface area contributed by atoms with Crippen LogP contribution in [0.1, 0.15) is 30.0 Å². The maximum absolute atomic E-state index is 12.7. The van der Waals surface area contributed by atoms with Crippen molar-refractivity contribution in [3.63, 3.8) is 0 Å². The number of hydrazine groups is 1. The highest BCUT2D eigenvalue weighted by atomic mass is 16.2. The van der Waals surface area contributed by atoms with Gasteiger partial charge in [0.1, 0.15) is 12.5 Å². The number of carbonyl (C=O) groups is 2. The number of benzene rings is 1. The Morgan fingerprint density at radius 3 is 2.61 bits per heavy atom. The van der Waals surface area contributed by atoms with Crippen molar-refractivity contribution in [1.82, 2.24) is 26.3 Å². The zero-order valence-electron chi connectivity index (χ0n) is 16.8. The molecule has 1 aromatic carbocycles. The third-order valence-electron chi connectivity index (χ3n) is 5.57. The normalized spacial score (nSPS) is 27.4. The molecule has 2 saturated heterocycles. The van der Waals surface area contributed by atoms with Crippen LogP contribution in [0.25, 0.3) is 0 Å². The molecular weight excluding hydrogens is 356 g/mol. The first-order chi connectivity index (χ1) is 13.3. The summed E-state index contributed by atoms with van der Waals surface area (Å²) in [7, 11) is 0. The molecule has 8 nitrogen and oxygen atoms in total. The molecule has 2 amide bonds. The largest absolute Gasteiger partial charge is 0.352 e. The first kappa shape index (κ1) is 18.9. The second-order valence-electron chi connectivity index (χ2n) is 7.99. The number of nitrogens with zero attached hydrogens (tertiary/aromatic N) is 2. The van der Waals surface area contributed by atoms with Crippen molar-refractivity contribution in [1.29, 1.82) is 0 Å². The summed E-state index contributed by atoms with van der Waals surface area (Å²) in [6.07, 6.45) is 2.24. The number of carbonyl (C=O) groups excluding carboxylic acids is 2. The number of anilines is 1. The third-order valence-corrected chi connectivity index (χ3v) is 5.57. The minimum Gasteiger partial charge on any atom is -0.352 e. The van der Waals surface area contributed by atoms with Crippen molar-refractivity contribution >= 4 is 17.5 Å². The van der Waals surface area contributed by atoms with Crippen LogP contribution in [0.3, 0.4) is 0 Å². The van der Waals surface area contributed by atoms with Gasteiger partial charge in [0, 0.05) is 32.3 Å². The lowest BCUT2D eigenvalue weighted by atomic mass is 10.0. The molecule has 150 valence electrons. The summed E-state index contributed by atoms with van der Waals surface area (Å²) in [6.45, 7) is 9.31. The Kier molecular flexibility index (Phi) is 4.86. The molecule has 4 rings (SSSR count). The molecule has 3 atom stereocenters. The molecule has 3 aliphatic heterocycles. The van der Waals surface area contributed by atoms with E-state index in [1.807, 2.05) is 11.2 Å². The Hall–Kier alpha value is -2.42. The molecular formula is C20H28N6O2. The Morgan fingerprint density at radius 1 is 1.21 bits per heavy atom. The van der Waals surface area contributed by atoms with Crippen LogP contribution in [-0.2, 0) is 9.59 Å². The highest BCUT2D eigenvalue weighted by Crippen LogP contribution is 2.29. The summed E-state index contributed by atoms with van der Waals surface area (Å²) in [6, 6.07) is 4.42. The summed E-state index contributed by atoms with van der Waals surface area (Å²) < 4.78 is 0. The molecule has 8 heteroatoms. The van der Waals surface area contributed by atoms with Crippen molar-refractivity contribution in [2.24, 2.45) is 0 Å². The molecule has 0 aliphatic carbocycles. The Labute approximate surface area is 165 Å². The van der Waals surface area contributed by atoms with Crippen LogP contribution in [0.4, 0.5) is 5.69 Å². The number of hydrogen-bond donors (Lipinski definition) is 4. The van der Waals surface area contributed by atoms with Crippen molar-refractivity contribution < 1.29 is 9.59 Å². The van der Waals surface area contributed by atoms with Crippen LogP contribution in [0.5, 0.6) is 0 Å². The zero-order chi connectivity index (χ0) is 20.0. The molecule has 0 spiro atoms. The average Bonchev–Trinajstić information content (AvgIpc) is 3.20. The van der Waals surface area contributed by atoms with Gasteiger partial charge in [-0.1, -0.05) is 17.7 Å². The predicted octanol–water partition coefficient (Wildman–Crippen LogP) is 0.360. The highest BCUT2D eigenvalue weighted by molar-refractivity contribution is 5.97. The van der Waals surface area contributed by atoms with Crippen LogP contribution in [0.2, 0.25) is 0 Å². The summed E-state index contributed by atoms with van der Waals surface area (Å²) in [4.78, 5) is 26.2. The van der Waals surface area contributed by atoms with E-state index < -0.39 is 0 Å². The number of amides is 2. The highest BCUT2D eigenvalue weighted by Gasteiger charge is 2.40. The molecule has 1 aromatic rings. The summed E-state index contributed by atoms with van der Waals surface area (Å²) in [5.41, 5.74) is 8.71. The molecule has 2 fully saturated rings. The fourth-order valence-electron chi connectivity index (χ4n) is 4.49. The van der Waals surface area contributed by atoms with Crippen molar-refractivity contribution in [3.8, 4) is 0 Å². The van der Waals surface area contributed by atoms with E-state index in [1.54, 1.807) is 0 Å². The van der Waals surface area contributed by atoms with Gasteiger partial charge in [0.05, 0.1) is 11.3 Å². The molecule has 0 radical (unpaired) electrons. The molecule has 0 bridgehead atoms. The first-order valence-electron chi connectivity index (χ1n) is 9.75. The van der Waals surface area contributed by atoms with E-state index in [4.69, 9.17) is 0 Å². The molecule has 3 aliphatic rings. The zero-order valence-corrected chi connectivity index (χ0v) is 16.8. The van der Waals surface area contributed by atoms with Crippen LogP contribution in [0, 0.1) is 20.8 Å². The molecule has 0 aromatic heterocycles. The van der Waals surface area contributed by atoms with Crippen LogP contribution < -0.4 is 26.4 Å². The van der Waals surface area contributed by atoms with Gasteiger partial charge < -0.3 is 10.6 Å².